The van der Waals surface area contributed by atoms with Gasteiger partial charge in [0.2, 0.25) is 0 Å². The number of rotatable bonds is 6. The Bertz CT molecular complexity index is 973. The van der Waals surface area contributed by atoms with Crippen LogP contribution in [0.2, 0.25) is 5.02 Å². The zero-order chi connectivity index (χ0) is 20.1. The fourth-order valence-corrected chi connectivity index (χ4v) is 3.11. The van der Waals surface area contributed by atoms with Gasteiger partial charge in [0.15, 0.2) is 5.11 Å². The molecule has 142 valence electrons. The van der Waals surface area contributed by atoms with E-state index in [1.807, 2.05) is 30.3 Å². The smallest absolute Gasteiger partial charge is 0.265 e. The fraction of sp³-hybridized carbons (Fsp3) is 0.0952. The van der Waals surface area contributed by atoms with Crippen molar-refractivity contribution in [2.75, 3.05) is 6.54 Å². The van der Waals surface area contributed by atoms with Crippen molar-refractivity contribution in [1.29, 1.82) is 0 Å². The van der Waals surface area contributed by atoms with Gasteiger partial charge >= 0.3 is 0 Å². The molecule has 5 nitrogen and oxygen atoms in total. The van der Waals surface area contributed by atoms with Gasteiger partial charge in [0.1, 0.15) is 17.9 Å². The average molecular weight is 413 g/mol. The molecular weight excluding hydrogens is 396 g/mol. The second-order valence-electron chi connectivity index (χ2n) is 5.99. The molecule has 0 radical (unpaired) electrons. The highest BCUT2D eigenvalue weighted by Gasteiger charge is 2.32. The lowest BCUT2D eigenvalue weighted by Crippen LogP contribution is -2.53. The number of nitrogens with zero attached hydrogens (tertiary/aromatic N) is 1. The molecule has 0 unspecified atom stereocenters. The van der Waals surface area contributed by atoms with Crippen LogP contribution >= 0.6 is 23.8 Å². The largest absolute Gasteiger partial charge is 0.487 e. The Hall–Kier alpha value is -2.96. The second kappa shape index (κ2) is 8.82. The van der Waals surface area contributed by atoms with E-state index in [4.69, 9.17) is 28.6 Å². The summed E-state index contributed by atoms with van der Waals surface area (Å²) in [7, 11) is 0. The van der Waals surface area contributed by atoms with E-state index >= 15 is 0 Å². The molecule has 0 atom stereocenters. The summed E-state index contributed by atoms with van der Waals surface area (Å²) < 4.78 is 5.74. The number of hydrogen-bond acceptors (Lipinski definition) is 4. The Morgan fingerprint density at radius 3 is 2.61 bits per heavy atom. The van der Waals surface area contributed by atoms with Crippen molar-refractivity contribution in [3.63, 3.8) is 0 Å². The van der Waals surface area contributed by atoms with Crippen LogP contribution in [-0.2, 0) is 16.2 Å². The highest BCUT2D eigenvalue weighted by Crippen LogP contribution is 2.27. The third-order valence-corrected chi connectivity index (χ3v) is 4.62. The van der Waals surface area contributed by atoms with Crippen LogP contribution in [0.1, 0.15) is 11.1 Å². The van der Waals surface area contributed by atoms with Crippen molar-refractivity contribution >= 4 is 46.8 Å². The molecule has 7 heteroatoms. The molecule has 0 bridgehead atoms. The van der Waals surface area contributed by atoms with Crippen molar-refractivity contribution in [2.24, 2.45) is 0 Å². The van der Waals surface area contributed by atoms with Gasteiger partial charge in [0.25, 0.3) is 11.8 Å². The lowest BCUT2D eigenvalue weighted by atomic mass is 10.1. The third-order valence-electron chi connectivity index (χ3n) is 4.00. The molecule has 1 aliphatic rings. The van der Waals surface area contributed by atoms with E-state index in [9.17, 15) is 9.59 Å². The second-order valence-corrected chi connectivity index (χ2v) is 6.78. The Labute approximate surface area is 173 Å². The van der Waals surface area contributed by atoms with Gasteiger partial charge in [-0.05, 0) is 41.6 Å². The van der Waals surface area contributed by atoms with Gasteiger partial charge in [0, 0.05) is 6.54 Å². The average Bonchev–Trinajstić information content (AvgIpc) is 2.68. The Balaban J connectivity index is 1.79. The minimum Gasteiger partial charge on any atom is -0.487 e. The van der Waals surface area contributed by atoms with Crippen LogP contribution in [0.3, 0.4) is 0 Å². The van der Waals surface area contributed by atoms with Crippen LogP contribution in [-0.4, -0.2) is 28.4 Å². The number of nitrogens with one attached hydrogen (secondary N) is 1. The molecule has 2 aromatic rings. The SMILES string of the molecule is C=CCN1C(=O)/C(=C/c2ccc(OCc3ccccc3)c(Cl)c2)C(=O)NC1=S. The molecule has 2 aromatic carbocycles. The first-order valence-electron chi connectivity index (χ1n) is 8.45. The van der Waals surface area contributed by atoms with E-state index in [1.165, 1.54) is 17.1 Å². The third kappa shape index (κ3) is 4.47. The van der Waals surface area contributed by atoms with E-state index in [0.717, 1.165) is 5.56 Å². The van der Waals surface area contributed by atoms with E-state index < -0.39 is 11.8 Å². The number of benzene rings is 2. The van der Waals surface area contributed by atoms with Crippen molar-refractivity contribution in [3.05, 3.63) is 82.9 Å². The van der Waals surface area contributed by atoms with Crippen molar-refractivity contribution in [2.45, 2.75) is 6.61 Å². The lowest BCUT2D eigenvalue weighted by Gasteiger charge is -2.27. The van der Waals surface area contributed by atoms with E-state index in [0.29, 0.717) is 22.9 Å². The molecule has 0 aliphatic carbocycles. The van der Waals surface area contributed by atoms with Gasteiger partial charge in [-0.15, -0.1) is 6.58 Å². The summed E-state index contributed by atoms with van der Waals surface area (Å²) in [6.07, 6.45) is 3.01. The molecule has 0 saturated carbocycles. The Morgan fingerprint density at radius 1 is 1.18 bits per heavy atom. The lowest BCUT2D eigenvalue weighted by molar-refractivity contribution is -0.128. The maximum absolute atomic E-state index is 12.6. The number of halogens is 1. The normalized spacial score (nSPS) is 15.5. The van der Waals surface area contributed by atoms with Crippen LogP contribution < -0.4 is 10.1 Å². The topological polar surface area (TPSA) is 58.6 Å². The number of amides is 2. The fourth-order valence-electron chi connectivity index (χ4n) is 2.61. The van der Waals surface area contributed by atoms with E-state index in [2.05, 4.69) is 11.9 Å². The number of carbonyl (C=O) groups excluding carboxylic acids is 2. The maximum Gasteiger partial charge on any atom is 0.265 e. The highest BCUT2D eigenvalue weighted by atomic mass is 35.5. The first-order valence-corrected chi connectivity index (χ1v) is 9.24. The molecule has 1 N–H and O–H groups in total. The quantitative estimate of drug-likeness (QED) is 0.340. The molecule has 0 spiro atoms. The van der Waals surface area contributed by atoms with Crippen LogP contribution in [0.5, 0.6) is 5.75 Å². The maximum atomic E-state index is 12.6. The summed E-state index contributed by atoms with van der Waals surface area (Å²) in [6.45, 7) is 4.19. The zero-order valence-electron chi connectivity index (χ0n) is 14.9. The molecule has 1 saturated heterocycles. The summed E-state index contributed by atoms with van der Waals surface area (Å²) in [5.41, 5.74) is 1.60. The van der Waals surface area contributed by atoms with Gasteiger partial charge in [-0.1, -0.05) is 54.1 Å². The van der Waals surface area contributed by atoms with Crippen molar-refractivity contribution in [3.8, 4) is 5.75 Å². The molecule has 0 aromatic heterocycles. The minimum atomic E-state index is -0.546. The molecule has 3 rings (SSSR count). The monoisotopic (exact) mass is 412 g/mol. The van der Waals surface area contributed by atoms with Gasteiger partial charge in [-0.25, -0.2) is 0 Å². The summed E-state index contributed by atoms with van der Waals surface area (Å²) in [5.74, 6) is -0.508. The molecule has 28 heavy (non-hydrogen) atoms. The number of ether oxygens (including phenoxy) is 1. The molecule has 1 fully saturated rings. The number of hydrogen-bond donors (Lipinski definition) is 1. The predicted molar refractivity (Wildman–Crippen MR) is 113 cm³/mol. The van der Waals surface area contributed by atoms with Gasteiger partial charge in [-0.2, -0.15) is 0 Å². The summed E-state index contributed by atoms with van der Waals surface area (Å²) in [6, 6.07) is 14.8. The highest BCUT2D eigenvalue weighted by molar-refractivity contribution is 7.80. The first kappa shape index (κ1) is 19.8. The van der Waals surface area contributed by atoms with E-state index in [1.54, 1.807) is 18.2 Å². The number of thiocarbonyl (C=S) groups is 1. The van der Waals surface area contributed by atoms with Gasteiger partial charge < -0.3 is 4.74 Å². The zero-order valence-corrected chi connectivity index (χ0v) is 16.4. The Morgan fingerprint density at radius 2 is 1.93 bits per heavy atom. The predicted octanol–water partition coefficient (Wildman–Crippen LogP) is 3.73. The molecule has 2 amide bonds. The minimum absolute atomic E-state index is 0.0236. The first-order chi connectivity index (χ1) is 13.5. The van der Waals surface area contributed by atoms with Crippen LogP contribution in [0.15, 0.2) is 66.8 Å². The van der Waals surface area contributed by atoms with Crippen molar-refractivity contribution < 1.29 is 14.3 Å². The van der Waals surface area contributed by atoms with E-state index in [-0.39, 0.29) is 17.2 Å². The Kier molecular flexibility index (Phi) is 6.23. The molecule has 1 heterocycles. The van der Waals surface area contributed by atoms with Crippen molar-refractivity contribution in [1.82, 2.24) is 10.2 Å². The molecule has 1 aliphatic heterocycles. The summed E-state index contributed by atoms with van der Waals surface area (Å²) in [5, 5.41) is 2.95. The van der Waals surface area contributed by atoms with Gasteiger partial charge in [-0.3, -0.25) is 19.8 Å². The van der Waals surface area contributed by atoms with Crippen LogP contribution in [0, 0.1) is 0 Å². The van der Waals surface area contributed by atoms with Crippen LogP contribution in [0.25, 0.3) is 6.08 Å². The van der Waals surface area contributed by atoms with Crippen LogP contribution in [0.4, 0.5) is 0 Å². The summed E-state index contributed by atoms with van der Waals surface area (Å²) >= 11 is 11.3. The van der Waals surface area contributed by atoms with Gasteiger partial charge in [0.05, 0.1) is 5.02 Å². The summed E-state index contributed by atoms with van der Waals surface area (Å²) in [4.78, 5) is 26.0. The number of carbonyl (C=O) groups is 2. The molecular formula is C21H17ClN2O3S. The standard InChI is InChI=1S/C21H17ClN2O3S/c1-2-10-24-20(26)16(19(25)23-21(24)28)11-15-8-9-18(17(22)12-15)27-13-14-6-4-3-5-7-14/h2-9,11-12H,1,10,13H2,(H,23,25,28)/b16-11+.